The minimum absolute atomic E-state index is 0.0583. The van der Waals surface area contributed by atoms with Crippen molar-refractivity contribution in [2.75, 3.05) is 12.3 Å². The van der Waals surface area contributed by atoms with Gasteiger partial charge in [-0.05, 0) is 66.4 Å². The number of carbonyl (C=O) groups excluding carboxylic acids is 5. The molecule has 3 aliphatic carbocycles. The van der Waals surface area contributed by atoms with E-state index in [1.54, 1.807) is 0 Å². The van der Waals surface area contributed by atoms with Gasteiger partial charge in [-0.15, -0.1) is 0 Å². The first-order valence-corrected chi connectivity index (χ1v) is 19.2. The molecule has 12 nitrogen and oxygen atoms in total. The first-order valence-electron chi connectivity index (χ1n) is 17.5. The van der Waals surface area contributed by atoms with Crippen LogP contribution in [0.5, 0.6) is 0 Å². The van der Waals surface area contributed by atoms with Gasteiger partial charge in [0, 0.05) is 18.2 Å². The molecular formula is C36H51N5O7S. The second-order valence-corrected chi connectivity index (χ2v) is 18.4. The first-order chi connectivity index (χ1) is 22.9. The van der Waals surface area contributed by atoms with Crippen molar-refractivity contribution in [1.29, 1.82) is 0 Å². The van der Waals surface area contributed by atoms with E-state index in [-0.39, 0.29) is 40.2 Å². The number of urea groups is 1. The number of hydrogen-bond acceptors (Lipinski definition) is 7. The van der Waals surface area contributed by atoms with Gasteiger partial charge in [-0.2, -0.15) is 0 Å². The van der Waals surface area contributed by atoms with E-state index in [4.69, 9.17) is 5.73 Å². The number of likely N-dealkylation sites (tertiary alicyclic amines) is 1. The SMILES string of the molecule is CC1(C)C2CN(C(=O)[C@@H](NC(=O)NC3(CCS(=O)(=O)c4cc#ccc4)CCCCC3)C(C)(C)C)[C@H](C(=O)NC(CC3CC3)C(=O)C(N)=O)C21. The lowest BCUT2D eigenvalue weighted by molar-refractivity contribution is -0.145. The lowest BCUT2D eigenvalue weighted by atomic mass is 9.79. The van der Waals surface area contributed by atoms with Gasteiger partial charge in [-0.25, -0.2) is 13.2 Å². The van der Waals surface area contributed by atoms with Gasteiger partial charge in [-0.3, -0.25) is 19.2 Å². The Balaban J connectivity index is 1.32. The van der Waals surface area contributed by atoms with Crippen LogP contribution >= 0.6 is 0 Å². The van der Waals surface area contributed by atoms with Crippen LogP contribution in [0.4, 0.5) is 4.79 Å². The Hall–Kier alpha value is -3.66. The summed E-state index contributed by atoms with van der Waals surface area (Å²) in [5.41, 5.74) is 3.59. The Bertz CT molecular complexity index is 1560. The lowest BCUT2D eigenvalue weighted by Crippen LogP contribution is -2.63. The third-order valence-corrected chi connectivity index (χ3v) is 13.0. The lowest BCUT2D eigenvalue weighted by Gasteiger charge is -2.41. The van der Waals surface area contributed by atoms with E-state index < -0.39 is 68.5 Å². The molecule has 1 aromatic carbocycles. The highest BCUT2D eigenvalue weighted by molar-refractivity contribution is 7.91. The molecule has 4 aliphatic rings. The highest BCUT2D eigenvalue weighted by Crippen LogP contribution is 2.65. The van der Waals surface area contributed by atoms with Crippen LogP contribution < -0.4 is 21.7 Å². The molecule has 0 bridgehead atoms. The number of nitrogens with zero attached hydrogens (tertiary/aromatic N) is 1. The van der Waals surface area contributed by atoms with Crippen LogP contribution in [0.2, 0.25) is 0 Å². The minimum atomic E-state index is -3.62. The van der Waals surface area contributed by atoms with Crippen LogP contribution in [0.15, 0.2) is 23.1 Å². The van der Waals surface area contributed by atoms with E-state index >= 15 is 0 Å². The number of nitrogens with one attached hydrogen (secondary N) is 3. The zero-order chi connectivity index (χ0) is 35.9. The molecule has 4 fully saturated rings. The third-order valence-electron chi connectivity index (χ3n) is 11.3. The molecule has 1 aromatic rings. The third kappa shape index (κ3) is 8.05. The van der Waals surface area contributed by atoms with Crippen LogP contribution in [0.25, 0.3) is 0 Å². The maximum atomic E-state index is 14.4. The number of carbonyl (C=O) groups is 5. The molecular weight excluding hydrogens is 646 g/mol. The van der Waals surface area contributed by atoms with Gasteiger partial charge < -0.3 is 26.6 Å². The fourth-order valence-electron chi connectivity index (χ4n) is 8.02. The van der Waals surface area contributed by atoms with Crippen LogP contribution in [-0.4, -0.2) is 78.8 Å². The molecule has 1 saturated heterocycles. The second-order valence-electron chi connectivity index (χ2n) is 16.3. The molecule has 0 aromatic heterocycles. The van der Waals surface area contributed by atoms with E-state index in [1.165, 1.54) is 23.1 Å². The summed E-state index contributed by atoms with van der Waals surface area (Å²) in [6, 6.07) is 6.26. The molecule has 5 rings (SSSR count). The summed E-state index contributed by atoms with van der Waals surface area (Å²) in [5, 5.41) is 8.76. The molecule has 1 aliphatic heterocycles. The van der Waals surface area contributed by atoms with E-state index in [9.17, 15) is 32.4 Å². The number of fused-ring (bicyclic) bond motifs is 1. The van der Waals surface area contributed by atoms with Gasteiger partial charge in [0.15, 0.2) is 9.84 Å². The standard InChI is InChI=1S/C36H51N5O7S/c1-34(2,3)29(39-33(46)40-36(16-10-7-11-17-36)18-19-49(47,48)23-12-8-6-9-13-23)32(45)41-21-24-26(35(24,4)5)27(41)31(44)38-25(20-22-14-15-22)28(42)30(37)43/h8,12-13,22,24-27,29H,7,10-11,14-21H2,1-5H3,(H2,37,43)(H,38,44)(H2,39,40,46)/t24?,25?,26?,27-,29+/m0/s1. The van der Waals surface area contributed by atoms with Gasteiger partial charge in [0.05, 0.1) is 16.7 Å². The quantitative estimate of drug-likeness (QED) is 0.228. The van der Waals surface area contributed by atoms with Crippen molar-refractivity contribution in [3.8, 4) is 0 Å². The van der Waals surface area contributed by atoms with Crippen molar-refractivity contribution >= 4 is 39.4 Å². The van der Waals surface area contributed by atoms with Gasteiger partial charge >= 0.3 is 6.03 Å². The Labute approximate surface area is 290 Å². The number of nitrogens with two attached hydrogens (primary N) is 1. The topological polar surface area (TPSA) is 185 Å². The maximum absolute atomic E-state index is 14.4. The minimum Gasteiger partial charge on any atom is -0.363 e. The first kappa shape index (κ1) is 36.6. The number of amides is 5. The molecule has 13 heteroatoms. The Morgan fingerprint density at radius 3 is 2.29 bits per heavy atom. The van der Waals surface area contributed by atoms with Crippen LogP contribution in [0, 0.1) is 40.7 Å². The van der Waals surface area contributed by atoms with E-state index in [1.807, 2.05) is 34.6 Å². The normalized spacial score (nSPS) is 25.2. The van der Waals surface area contributed by atoms with Crippen molar-refractivity contribution in [2.45, 2.75) is 121 Å². The molecule has 5 atom stereocenters. The van der Waals surface area contributed by atoms with Crippen LogP contribution in [-0.2, 0) is 29.0 Å². The summed E-state index contributed by atoms with van der Waals surface area (Å²) in [7, 11) is -3.62. The molecule has 0 spiro atoms. The Morgan fingerprint density at radius 2 is 1.71 bits per heavy atom. The summed E-state index contributed by atoms with van der Waals surface area (Å²) >= 11 is 0. The van der Waals surface area contributed by atoms with Gasteiger partial charge in [0.2, 0.25) is 17.6 Å². The largest absolute Gasteiger partial charge is 0.363 e. The number of hydrogen-bond donors (Lipinski definition) is 4. The summed E-state index contributed by atoms with van der Waals surface area (Å²) in [6.45, 7) is 9.91. The molecule has 3 unspecified atom stereocenters. The fraction of sp³-hybridized carbons (Fsp3) is 0.694. The Kier molecular flexibility index (Phi) is 10.1. The number of Topliss-reactive ketones (excluding diaryl/α,β-unsaturated/α-hetero) is 1. The monoisotopic (exact) mass is 697 g/mol. The average Bonchev–Trinajstić information content (AvgIpc) is 3.89. The zero-order valence-electron chi connectivity index (χ0n) is 29.3. The van der Waals surface area contributed by atoms with Crippen LogP contribution in [0.3, 0.4) is 0 Å². The average molecular weight is 698 g/mol. The number of primary amides is 1. The van der Waals surface area contributed by atoms with E-state index in [0.29, 0.717) is 25.8 Å². The van der Waals surface area contributed by atoms with E-state index in [0.717, 1.165) is 32.1 Å². The van der Waals surface area contributed by atoms with Gasteiger partial charge in [0.25, 0.3) is 5.91 Å². The molecule has 3 saturated carbocycles. The summed E-state index contributed by atoms with van der Waals surface area (Å²) in [5.74, 6) is -2.89. The zero-order valence-corrected chi connectivity index (χ0v) is 30.1. The van der Waals surface area contributed by atoms with Crippen molar-refractivity contribution in [3.63, 3.8) is 0 Å². The van der Waals surface area contributed by atoms with Crippen LogP contribution in [0.1, 0.15) is 92.4 Å². The second kappa shape index (κ2) is 13.6. The van der Waals surface area contributed by atoms with Crippen molar-refractivity contribution in [3.05, 3.63) is 30.3 Å². The van der Waals surface area contributed by atoms with Gasteiger partial charge in [-0.1, -0.05) is 78.9 Å². The molecule has 5 amide bonds. The molecule has 268 valence electrons. The highest BCUT2D eigenvalue weighted by atomic mass is 32.2. The Morgan fingerprint density at radius 1 is 1.04 bits per heavy atom. The summed E-state index contributed by atoms with van der Waals surface area (Å²) in [6.07, 6.45) is 6.22. The highest BCUT2D eigenvalue weighted by Gasteiger charge is 2.70. The summed E-state index contributed by atoms with van der Waals surface area (Å²) < 4.78 is 26.2. The van der Waals surface area contributed by atoms with Crippen molar-refractivity contribution in [2.24, 2.45) is 34.3 Å². The number of sulfone groups is 1. The molecule has 5 N–H and O–H groups in total. The smallest absolute Gasteiger partial charge is 0.315 e. The fourth-order valence-corrected chi connectivity index (χ4v) is 9.43. The number of rotatable bonds is 13. The number of piperidine rings is 1. The number of ketones is 1. The molecule has 1 heterocycles. The molecule has 0 radical (unpaired) electrons. The van der Waals surface area contributed by atoms with Crippen molar-refractivity contribution in [1.82, 2.24) is 20.9 Å². The summed E-state index contributed by atoms with van der Waals surface area (Å²) in [4.78, 5) is 68.2. The van der Waals surface area contributed by atoms with E-state index in [2.05, 4.69) is 28.1 Å². The predicted molar refractivity (Wildman–Crippen MR) is 181 cm³/mol. The molecule has 49 heavy (non-hydrogen) atoms. The van der Waals surface area contributed by atoms with Crippen molar-refractivity contribution < 1.29 is 32.4 Å². The predicted octanol–water partition coefficient (Wildman–Crippen LogP) is 2.69. The maximum Gasteiger partial charge on any atom is 0.315 e. The van der Waals surface area contributed by atoms with Gasteiger partial charge in [0.1, 0.15) is 12.1 Å².